The summed E-state index contributed by atoms with van der Waals surface area (Å²) < 4.78 is 22.0. The lowest BCUT2D eigenvalue weighted by atomic mass is 9.82. The van der Waals surface area contributed by atoms with Crippen LogP contribution in [0.2, 0.25) is 0 Å². The number of hydrogen-bond donors (Lipinski definition) is 0. The summed E-state index contributed by atoms with van der Waals surface area (Å²) in [6.45, 7) is 13.2. The van der Waals surface area contributed by atoms with E-state index in [0.29, 0.717) is 33.0 Å². The molecule has 170 valence electrons. The average molecular weight is 439 g/mol. The second-order valence-corrected chi connectivity index (χ2v) is 9.22. The quantitative estimate of drug-likeness (QED) is 0.245. The van der Waals surface area contributed by atoms with Crippen LogP contribution >= 0.6 is 0 Å². The second-order valence-electron chi connectivity index (χ2n) is 9.22. The molecule has 0 N–H and O–H groups in total. The minimum atomic E-state index is -0.791. The molecule has 0 aliphatic rings. The van der Waals surface area contributed by atoms with Gasteiger partial charge in [-0.2, -0.15) is 0 Å². The van der Waals surface area contributed by atoms with Gasteiger partial charge in [0.1, 0.15) is 5.75 Å². The van der Waals surface area contributed by atoms with E-state index in [9.17, 15) is 9.59 Å². The summed E-state index contributed by atoms with van der Waals surface area (Å²) in [5, 5.41) is 2.58. The van der Waals surface area contributed by atoms with Crippen molar-refractivity contribution in [3.8, 4) is 11.5 Å². The Labute approximate surface area is 188 Å². The first-order valence-corrected chi connectivity index (χ1v) is 10.7. The molecule has 3 aromatic carbocycles. The van der Waals surface area contributed by atoms with Crippen molar-refractivity contribution >= 4 is 33.9 Å². The highest BCUT2D eigenvalue weighted by molar-refractivity contribution is 6.13. The third-order valence-electron chi connectivity index (χ3n) is 4.80. The van der Waals surface area contributed by atoms with Crippen molar-refractivity contribution in [2.24, 2.45) is 0 Å². The van der Waals surface area contributed by atoms with Gasteiger partial charge < -0.3 is 18.9 Å². The Morgan fingerprint density at radius 1 is 0.688 bits per heavy atom. The molecule has 0 heterocycles. The number of carbonyl (C=O) groups excluding carboxylic acids is 2. The van der Waals surface area contributed by atoms with E-state index in [1.165, 1.54) is 0 Å². The Balaban J connectivity index is 2.37. The van der Waals surface area contributed by atoms with Gasteiger partial charge in [0.25, 0.3) is 0 Å². The zero-order chi connectivity index (χ0) is 23.6. The lowest BCUT2D eigenvalue weighted by molar-refractivity contribution is 0.0719. The highest BCUT2D eigenvalue weighted by Crippen LogP contribution is 2.46. The molecule has 0 saturated carbocycles. The van der Waals surface area contributed by atoms with Crippen molar-refractivity contribution in [2.45, 2.75) is 66.1 Å². The summed E-state index contributed by atoms with van der Waals surface area (Å²) >= 11 is 0. The van der Waals surface area contributed by atoms with E-state index in [1.807, 2.05) is 42.5 Å². The van der Waals surface area contributed by atoms with Gasteiger partial charge in [-0.1, -0.05) is 63.2 Å². The predicted molar refractivity (Wildman–Crippen MR) is 125 cm³/mol. The van der Waals surface area contributed by atoms with E-state index in [-0.39, 0.29) is 17.6 Å². The number of hydrogen-bond acceptors (Lipinski definition) is 6. The van der Waals surface area contributed by atoms with E-state index in [0.717, 1.165) is 5.56 Å². The third-order valence-corrected chi connectivity index (χ3v) is 4.80. The summed E-state index contributed by atoms with van der Waals surface area (Å²) in [5.41, 5.74) is 0.660. The highest BCUT2D eigenvalue weighted by Gasteiger charge is 2.27. The van der Waals surface area contributed by atoms with Crippen LogP contribution in [-0.2, 0) is 14.9 Å². The van der Waals surface area contributed by atoms with Gasteiger partial charge in [0.05, 0.1) is 12.2 Å². The van der Waals surface area contributed by atoms with Gasteiger partial charge >= 0.3 is 12.3 Å². The van der Waals surface area contributed by atoms with Crippen molar-refractivity contribution in [1.29, 1.82) is 0 Å². The van der Waals surface area contributed by atoms with Gasteiger partial charge in [-0.25, -0.2) is 9.59 Å². The normalized spacial score (nSPS) is 11.8. The van der Waals surface area contributed by atoms with Crippen LogP contribution in [0.3, 0.4) is 0 Å². The summed E-state index contributed by atoms with van der Waals surface area (Å²) in [7, 11) is 0. The number of rotatable bonds is 4. The van der Waals surface area contributed by atoms with Crippen molar-refractivity contribution < 1.29 is 28.5 Å². The monoisotopic (exact) mass is 438 g/mol. The maximum Gasteiger partial charge on any atom is 0.514 e. The molecule has 0 amide bonds. The van der Waals surface area contributed by atoms with Gasteiger partial charge in [0, 0.05) is 21.5 Å². The number of carbonyl (C=O) groups is 2. The fourth-order valence-electron chi connectivity index (χ4n) is 3.59. The molecule has 0 saturated heterocycles. The first-order chi connectivity index (χ1) is 15.0. The Bertz CT molecular complexity index is 1150. The molecule has 0 aliphatic carbocycles. The molecule has 32 heavy (non-hydrogen) atoms. The van der Waals surface area contributed by atoms with E-state index in [1.54, 1.807) is 27.7 Å². The molecule has 0 spiro atoms. The van der Waals surface area contributed by atoms with Gasteiger partial charge in [0.15, 0.2) is 5.75 Å². The summed E-state index contributed by atoms with van der Waals surface area (Å²) in [5.74, 6) is 0.730. The smallest absolute Gasteiger partial charge is 0.431 e. The zero-order valence-electron chi connectivity index (χ0n) is 19.6. The van der Waals surface area contributed by atoms with Crippen LogP contribution in [0.25, 0.3) is 21.5 Å². The molecular formula is C26H30O6. The Morgan fingerprint density at radius 2 is 1.16 bits per heavy atom. The molecule has 0 atom stereocenters. The van der Waals surface area contributed by atoms with Crippen LogP contribution in [0.4, 0.5) is 9.59 Å². The van der Waals surface area contributed by atoms with Crippen molar-refractivity contribution in [2.75, 3.05) is 0 Å². The lowest BCUT2D eigenvalue weighted by Gasteiger charge is -2.25. The summed E-state index contributed by atoms with van der Waals surface area (Å²) in [6.07, 6.45) is -2.22. The van der Waals surface area contributed by atoms with Crippen molar-refractivity contribution in [1.82, 2.24) is 0 Å². The van der Waals surface area contributed by atoms with Crippen LogP contribution in [0.1, 0.15) is 54.0 Å². The molecule has 0 aromatic heterocycles. The van der Waals surface area contributed by atoms with Gasteiger partial charge in [-0.05, 0) is 38.7 Å². The maximum atomic E-state index is 12.5. The summed E-state index contributed by atoms with van der Waals surface area (Å²) in [4.78, 5) is 24.9. The highest BCUT2D eigenvalue weighted by atomic mass is 16.7. The Morgan fingerprint density at radius 3 is 1.66 bits per heavy atom. The van der Waals surface area contributed by atoms with Gasteiger partial charge in [0.2, 0.25) is 0 Å². The van der Waals surface area contributed by atoms with E-state index in [2.05, 4.69) is 20.8 Å². The molecule has 0 bridgehead atoms. The van der Waals surface area contributed by atoms with E-state index in [4.69, 9.17) is 18.9 Å². The number of fused-ring (bicyclic) bond motifs is 2. The standard InChI is InChI=1S/C26H30O6/c1-15(2)29-24(27)31-22-17-11-8-9-12-18(17)23(32-25(28)30-16(3)4)21-19(22)13-10-14-20(21)26(5,6)7/h8-16H,1-7H3. The second kappa shape index (κ2) is 9.07. The maximum absolute atomic E-state index is 12.5. The first-order valence-electron chi connectivity index (χ1n) is 10.7. The van der Waals surface area contributed by atoms with E-state index >= 15 is 0 Å². The molecule has 3 rings (SSSR count). The molecule has 6 nitrogen and oxygen atoms in total. The van der Waals surface area contributed by atoms with Gasteiger partial charge in [-0.3, -0.25) is 0 Å². The molecule has 6 heteroatoms. The van der Waals surface area contributed by atoms with Crippen LogP contribution in [-0.4, -0.2) is 24.5 Å². The summed E-state index contributed by atoms with van der Waals surface area (Å²) in [6, 6.07) is 13.0. The minimum absolute atomic E-state index is 0.280. The molecule has 0 aliphatic heterocycles. The van der Waals surface area contributed by atoms with Crippen molar-refractivity contribution in [3.05, 3.63) is 48.0 Å². The van der Waals surface area contributed by atoms with Crippen LogP contribution in [0.5, 0.6) is 11.5 Å². The molecule has 0 radical (unpaired) electrons. The number of benzene rings is 3. The van der Waals surface area contributed by atoms with Crippen LogP contribution in [0, 0.1) is 0 Å². The minimum Gasteiger partial charge on any atom is -0.431 e. The topological polar surface area (TPSA) is 71.1 Å². The molecule has 3 aromatic rings. The van der Waals surface area contributed by atoms with Crippen LogP contribution < -0.4 is 9.47 Å². The molecule has 0 unspecified atom stereocenters. The fraction of sp³-hybridized carbons (Fsp3) is 0.385. The SMILES string of the molecule is CC(C)OC(=O)Oc1c2ccccc2c(OC(=O)OC(C)C)c2c(C(C)(C)C)cccc12. The predicted octanol–water partition coefficient (Wildman–Crippen LogP) is 7.14. The zero-order valence-corrected chi connectivity index (χ0v) is 19.6. The average Bonchev–Trinajstić information content (AvgIpc) is 2.68. The molecule has 0 fully saturated rings. The first kappa shape index (κ1) is 23.4. The molecular weight excluding hydrogens is 408 g/mol. The Kier molecular flexibility index (Phi) is 6.63. The lowest BCUT2D eigenvalue weighted by Crippen LogP contribution is -2.18. The Hall–Kier alpha value is -3.28. The van der Waals surface area contributed by atoms with Gasteiger partial charge in [-0.15, -0.1) is 0 Å². The van der Waals surface area contributed by atoms with Crippen LogP contribution in [0.15, 0.2) is 42.5 Å². The van der Waals surface area contributed by atoms with E-state index < -0.39 is 12.3 Å². The third kappa shape index (κ3) is 4.96. The fourth-order valence-corrected chi connectivity index (χ4v) is 3.59. The van der Waals surface area contributed by atoms with Crippen molar-refractivity contribution in [3.63, 3.8) is 0 Å². The number of ether oxygens (including phenoxy) is 4. The largest absolute Gasteiger partial charge is 0.514 e.